The minimum atomic E-state index is 0.606. The van der Waals surface area contributed by atoms with E-state index in [9.17, 15) is 0 Å². The van der Waals surface area contributed by atoms with Crippen molar-refractivity contribution in [3.63, 3.8) is 0 Å². The summed E-state index contributed by atoms with van der Waals surface area (Å²) in [6, 6.07) is 6.72. The summed E-state index contributed by atoms with van der Waals surface area (Å²) in [5, 5.41) is 0.974. The lowest BCUT2D eigenvalue weighted by Gasteiger charge is -2.30. The topological polar surface area (TPSA) is 3.24 Å². The first kappa shape index (κ1) is 13.9. The summed E-state index contributed by atoms with van der Waals surface area (Å²) in [5.41, 5.74) is 2.73. The second-order valence-corrected chi connectivity index (χ2v) is 6.07. The number of halogens is 1. The van der Waals surface area contributed by atoms with Crippen LogP contribution in [0.1, 0.15) is 56.1 Å². The van der Waals surface area contributed by atoms with Gasteiger partial charge >= 0.3 is 0 Å². The zero-order valence-electron chi connectivity index (χ0n) is 11.7. The average molecular weight is 266 g/mol. The molecule has 0 radical (unpaired) electrons. The van der Waals surface area contributed by atoms with Crippen LogP contribution >= 0.6 is 11.6 Å². The number of hydrogen-bond donors (Lipinski definition) is 0. The quantitative estimate of drug-likeness (QED) is 0.768. The predicted molar refractivity (Wildman–Crippen MR) is 79.6 cm³/mol. The van der Waals surface area contributed by atoms with Crippen molar-refractivity contribution >= 4 is 11.6 Å². The van der Waals surface area contributed by atoms with Gasteiger partial charge in [0, 0.05) is 5.02 Å². The maximum atomic E-state index is 6.49. The number of hydrogen-bond acceptors (Lipinski definition) is 1. The molecule has 1 aromatic rings. The van der Waals surface area contributed by atoms with Crippen LogP contribution in [-0.2, 0) is 0 Å². The average Bonchev–Trinajstić information content (AvgIpc) is 2.39. The van der Waals surface area contributed by atoms with Crippen molar-refractivity contribution in [2.45, 2.75) is 44.9 Å². The smallest absolute Gasteiger partial charge is 0.0443 e. The molecule has 1 fully saturated rings. The Morgan fingerprint density at radius 3 is 2.56 bits per heavy atom. The Kier molecular flexibility index (Phi) is 4.69. The number of benzene rings is 1. The largest absolute Gasteiger partial charge is 0.306 e. The normalized spacial score (nSPS) is 20.0. The van der Waals surface area contributed by atoms with Gasteiger partial charge in [-0.15, -0.1) is 0 Å². The highest BCUT2D eigenvalue weighted by Crippen LogP contribution is 2.34. The Labute approximate surface area is 116 Å². The van der Waals surface area contributed by atoms with Crippen molar-refractivity contribution in [1.82, 2.24) is 4.90 Å². The molecular weight excluding hydrogens is 242 g/mol. The first-order chi connectivity index (χ1) is 8.61. The Balaban J connectivity index is 2.14. The molecule has 100 valence electrons. The van der Waals surface area contributed by atoms with Gasteiger partial charge in [-0.25, -0.2) is 0 Å². The number of piperidine rings is 1. The molecule has 0 amide bonds. The van der Waals surface area contributed by atoms with Crippen LogP contribution in [0.2, 0.25) is 5.02 Å². The molecule has 1 saturated heterocycles. The molecule has 0 bridgehead atoms. The lowest BCUT2D eigenvalue weighted by molar-refractivity contribution is 0.255. The van der Waals surface area contributed by atoms with Crippen LogP contribution < -0.4 is 0 Å². The van der Waals surface area contributed by atoms with Gasteiger partial charge in [-0.1, -0.05) is 37.6 Å². The van der Waals surface area contributed by atoms with Gasteiger partial charge in [-0.3, -0.25) is 0 Å². The van der Waals surface area contributed by atoms with Crippen LogP contribution in [-0.4, -0.2) is 25.0 Å². The molecule has 0 aromatic heterocycles. The highest BCUT2D eigenvalue weighted by Gasteiger charge is 2.20. The van der Waals surface area contributed by atoms with Gasteiger partial charge in [-0.05, 0) is 68.4 Å². The molecule has 0 spiro atoms. The first-order valence-corrected chi connectivity index (χ1v) is 7.47. The molecule has 18 heavy (non-hydrogen) atoms. The SMILES string of the molecule is CCC(C)c1ccc(C2CCN(C)CC2)c(Cl)c1. The van der Waals surface area contributed by atoms with E-state index in [0.29, 0.717) is 11.8 Å². The minimum absolute atomic E-state index is 0.606. The Morgan fingerprint density at radius 2 is 2.00 bits per heavy atom. The van der Waals surface area contributed by atoms with E-state index < -0.39 is 0 Å². The highest BCUT2D eigenvalue weighted by atomic mass is 35.5. The molecule has 0 aliphatic carbocycles. The third kappa shape index (κ3) is 3.07. The van der Waals surface area contributed by atoms with E-state index in [2.05, 4.69) is 44.0 Å². The summed E-state index contributed by atoms with van der Waals surface area (Å²) in [7, 11) is 2.20. The van der Waals surface area contributed by atoms with Crippen LogP contribution in [0.3, 0.4) is 0 Å². The molecule has 0 N–H and O–H groups in total. The number of nitrogens with zero attached hydrogens (tertiary/aromatic N) is 1. The van der Waals surface area contributed by atoms with E-state index in [4.69, 9.17) is 11.6 Å². The second kappa shape index (κ2) is 6.08. The molecule has 1 aromatic carbocycles. The molecule has 0 saturated carbocycles. The molecule has 1 aliphatic heterocycles. The van der Waals surface area contributed by atoms with Crippen molar-refractivity contribution < 1.29 is 0 Å². The first-order valence-electron chi connectivity index (χ1n) is 7.09. The van der Waals surface area contributed by atoms with Gasteiger partial charge in [0.2, 0.25) is 0 Å². The van der Waals surface area contributed by atoms with E-state index in [1.54, 1.807) is 0 Å². The van der Waals surface area contributed by atoms with Gasteiger partial charge in [0.25, 0.3) is 0 Å². The molecular formula is C16H24ClN. The zero-order valence-corrected chi connectivity index (χ0v) is 12.5. The maximum absolute atomic E-state index is 6.49. The Hall–Kier alpha value is -0.530. The van der Waals surface area contributed by atoms with Gasteiger partial charge in [0.05, 0.1) is 0 Å². The molecule has 1 heterocycles. The molecule has 1 atom stereocenters. The van der Waals surface area contributed by atoms with E-state index in [1.807, 2.05) is 0 Å². The van der Waals surface area contributed by atoms with Crippen molar-refractivity contribution in [2.75, 3.05) is 20.1 Å². The summed E-state index contributed by atoms with van der Waals surface area (Å²) >= 11 is 6.49. The number of likely N-dealkylation sites (tertiary alicyclic amines) is 1. The van der Waals surface area contributed by atoms with Crippen LogP contribution in [0.15, 0.2) is 18.2 Å². The highest BCUT2D eigenvalue weighted by molar-refractivity contribution is 6.31. The van der Waals surface area contributed by atoms with Crippen molar-refractivity contribution in [2.24, 2.45) is 0 Å². The maximum Gasteiger partial charge on any atom is 0.0443 e. The van der Waals surface area contributed by atoms with Crippen LogP contribution in [0.5, 0.6) is 0 Å². The Bertz CT molecular complexity index is 394. The Morgan fingerprint density at radius 1 is 1.33 bits per heavy atom. The van der Waals surface area contributed by atoms with E-state index in [0.717, 1.165) is 5.02 Å². The predicted octanol–water partition coefficient (Wildman–Crippen LogP) is 4.66. The molecule has 2 rings (SSSR count). The zero-order chi connectivity index (χ0) is 13.1. The molecule has 1 unspecified atom stereocenters. The van der Waals surface area contributed by atoms with Gasteiger partial charge in [0.1, 0.15) is 0 Å². The van der Waals surface area contributed by atoms with Crippen LogP contribution in [0.25, 0.3) is 0 Å². The van der Waals surface area contributed by atoms with Gasteiger partial charge in [0.15, 0.2) is 0 Å². The monoisotopic (exact) mass is 265 g/mol. The number of rotatable bonds is 3. The van der Waals surface area contributed by atoms with Crippen molar-refractivity contribution in [3.8, 4) is 0 Å². The molecule has 1 nitrogen and oxygen atoms in total. The van der Waals surface area contributed by atoms with Gasteiger partial charge in [-0.2, -0.15) is 0 Å². The standard InChI is InChI=1S/C16H24ClN/c1-4-12(2)14-5-6-15(16(17)11-14)13-7-9-18(3)10-8-13/h5-6,11-13H,4,7-10H2,1-3H3. The summed E-state index contributed by atoms with van der Waals surface area (Å²) in [4.78, 5) is 2.40. The fraction of sp³-hybridized carbons (Fsp3) is 0.625. The summed E-state index contributed by atoms with van der Waals surface area (Å²) in [6.45, 7) is 6.87. The fourth-order valence-electron chi connectivity index (χ4n) is 2.74. The van der Waals surface area contributed by atoms with Gasteiger partial charge < -0.3 is 4.90 Å². The third-order valence-corrected chi connectivity index (χ3v) is 4.69. The van der Waals surface area contributed by atoms with Crippen molar-refractivity contribution in [1.29, 1.82) is 0 Å². The molecule has 2 heteroatoms. The fourth-order valence-corrected chi connectivity index (χ4v) is 3.08. The van der Waals surface area contributed by atoms with Crippen molar-refractivity contribution in [3.05, 3.63) is 34.3 Å². The summed E-state index contributed by atoms with van der Waals surface area (Å²) < 4.78 is 0. The summed E-state index contributed by atoms with van der Waals surface area (Å²) in [6.07, 6.45) is 3.64. The van der Waals surface area contributed by atoms with Crippen LogP contribution in [0.4, 0.5) is 0 Å². The van der Waals surface area contributed by atoms with Crippen LogP contribution in [0, 0.1) is 0 Å². The van der Waals surface area contributed by atoms with E-state index in [-0.39, 0.29) is 0 Å². The lowest BCUT2D eigenvalue weighted by Crippen LogP contribution is -2.29. The summed E-state index contributed by atoms with van der Waals surface area (Å²) in [5.74, 6) is 1.26. The molecule has 1 aliphatic rings. The lowest BCUT2D eigenvalue weighted by atomic mass is 9.87. The van der Waals surface area contributed by atoms with E-state index in [1.165, 1.54) is 43.5 Å². The third-order valence-electron chi connectivity index (χ3n) is 4.36. The second-order valence-electron chi connectivity index (χ2n) is 5.67. The minimum Gasteiger partial charge on any atom is -0.306 e. The van der Waals surface area contributed by atoms with E-state index >= 15 is 0 Å².